The van der Waals surface area contributed by atoms with E-state index in [4.69, 9.17) is 16.6 Å². The Labute approximate surface area is 259 Å². The maximum atomic E-state index is 14.9. The first-order valence-corrected chi connectivity index (χ1v) is 14.2. The first-order valence-electron chi connectivity index (χ1n) is 13.8. The topological polar surface area (TPSA) is 38.1 Å². The van der Waals surface area contributed by atoms with Gasteiger partial charge in [-0.1, -0.05) is 103 Å². The van der Waals surface area contributed by atoms with Gasteiger partial charge >= 0.3 is 1.43 Å². The van der Waals surface area contributed by atoms with E-state index in [1.54, 1.807) is 0 Å². The van der Waals surface area contributed by atoms with Gasteiger partial charge in [-0.05, 0) is 72.5 Å². The molecular formula is C36H31Cl2N3O. The number of hydrogen-bond acceptors (Lipinski definition) is 2. The van der Waals surface area contributed by atoms with Crippen molar-refractivity contribution in [1.82, 2.24) is 9.55 Å². The zero-order valence-electron chi connectivity index (χ0n) is 24.0. The third kappa shape index (κ3) is 6.41. The van der Waals surface area contributed by atoms with E-state index >= 15 is 0 Å². The van der Waals surface area contributed by atoms with Crippen molar-refractivity contribution in [2.75, 3.05) is 4.90 Å². The summed E-state index contributed by atoms with van der Waals surface area (Å²) in [5.74, 6) is 0.774. The molecule has 5 aromatic carbocycles. The van der Waals surface area contributed by atoms with E-state index in [1.807, 2.05) is 114 Å². The van der Waals surface area contributed by atoms with Crippen molar-refractivity contribution >= 4 is 34.2 Å². The quantitative estimate of drug-likeness (QED) is 0.210. The number of hydrogen-bond donors (Lipinski definition) is 0. The number of imidazole rings is 1. The molecule has 210 valence electrons. The second kappa shape index (κ2) is 13.5. The minimum Gasteiger partial charge on any atom is -1.00 e. The first kappa shape index (κ1) is 29.1. The van der Waals surface area contributed by atoms with Crippen molar-refractivity contribution in [3.05, 3.63) is 156 Å². The van der Waals surface area contributed by atoms with Crippen molar-refractivity contribution in [3.8, 4) is 11.4 Å². The summed E-state index contributed by atoms with van der Waals surface area (Å²) in [5.41, 5.74) is 5.82. The molecule has 1 heterocycles. The van der Waals surface area contributed by atoms with Gasteiger partial charge in [0, 0.05) is 16.3 Å². The monoisotopic (exact) mass is 591 g/mol. The smallest absolute Gasteiger partial charge is 1.00 e. The van der Waals surface area contributed by atoms with Crippen molar-refractivity contribution in [2.24, 2.45) is 0 Å². The fourth-order valence-corrected chi connectivity index (χ4v) is 5.45. The zero-order valence-corrected chi connectivity index (χ0v) is 24.5. The molecule has 0 saturated heterocycles. The Bertz CT molecular complexity index is 1740. The fourth-order valence-electron chi connectivity index (χ4n) is 5.32. The lowest BCUT2D eigenvalue weighted by Crippen LogP contribution is -3.00. The molecule has 0 aliphatic heterocycles. The van der Waals surface area contributed by atoms with Crippen LogP contribution in [0, 0.1) is 0 Å². The highest BCUT2D eigenvalue weighted by molar-refractivity contribution is 6.30. The predicted molar refractivity (Wildman–Crippen MR) is 169 cm³/mol. The number of para-hydroxylation sites is 3. The normalized spacial score (nSPS) is 11.5. The highest BCUT2D eigenvalue weighted by Gasteiger charge is 2.31. The van der Waals surface area contributed by atoms with Crippen LogP contribution in [0.5, 0.6) is 0 Å². The van der Waals surface area contributed by atoms with Crippen LogP contribution in [0.25, 0.3) is 22.4 Å². The van der Waals surface area contributed by atoms with Crippen LogP contribution >= 0.6 is 11.6 Å². The number of benzene rings is 5. The molecule has 1 unspecified atom stereocenters. The summed E-state index contributed by atoms with van der Waals surface area (Å²) in [7, 11) is 0. The number of anilines is 1. The summed E-state index contributed by atoms with van der Waals surface area (Å²) in [4.78, 5) is 21.8. The van der Waals surface area contributed by atoms with E-state index in [2.05, 4.69) is 34.9 Å². The van der Waals surface area contributed by atoms with E-state index in [1.165, 1.54) is 5.56 Å². The van der Waals surface area contributed by atoms with Gasteiger partial charge in [0.1, 0.15) is 11.9 Å². The molecule has 6 rings (SSSR count). The van der Waals surface area contributed by atoms with Crippen LogP contribution in [0.3, 0.4) is 0 Å². The standard InChI is InChI=1S/C36H30ClN3O.ClH/c37-30-23-21-29(22-24-30)35-38-32-18-10-11-19-33(32)40(35)34(25-20-27-12-4-1-5-13-27)36(41)39(31-16-8-3-9-17-31)26-28-14-6-2-7-15-28;/h1-19,21-24,34H,20,25-26H2;1H. The number of carbonyl (C=O) groups is 1. The molecule has 4 nitrogen and oxygen atoms in total. The number of aromatic nitrogens is 2. The van der Waals surface area contributed by atoms with Gasteiger partial charge in [0.25, 0.3) is 0 Å². The van der Waals surface area contributed by atoms with Gasteiger partial charge in [-0.25, -0.2) is 4.98 Å². The van der Waals surface area contributed by atoms with E-state index in [-0.39, 0.29) is 19.7 Å². The van der Waals surface area contributed by atoms with Crippen LogP contribution in [0.1, 0.15) is 25.0 Å². The summed E-state index contributed by atoms with van der Waals surface area (Å²) in [6.45, 7) is 0.467. The van der Waals surface area contributed by atoms with Gasteiger partial charge in [0.15, 0.2) is 0 Å². The number of nitrogens with zero attached hydrogens (tertiary/aromatic N) is 3. The second-order valence-corrected chi connectivity index (χ2v) is 10.5. The van der Waals surface area contributed by atoms with E-state index in [0.717, 1.165) is 40.1 Å². The molecule has 0 aliphatic carbocycles. The molecule has 1 aromatic heterocycles. The van der Waals surface area contributed by atoms with Crippen molar-refractivity contribution < 1.29 is 18.6 Å². The Morgan fingerprint density at radius 3 is 1.98 bits per heavy atom. The Kier molecular flexibility index (Phi) is 9.38. The SMILES string of the molecule is O=C(C(CCc1ccccc1)n1c(-c2ccc(Cl)cc2)nc2ccccc21)N(Cc1ccccc1)c1ccccc1.[Cl-].[H+]. The van der Waals surface area contributed by atoms with Crippen LogP contribution in [-0.4, -0.2) is 15.5 Å². The van der Waals surface area contributed by atoms with Crippen molar-refractivity contribution in [2.45, 2.75) is 25.4 Å². The molecule has 0 bridgehead atoms. The molecule has 6 aromatic rings. The summed E-state index contributed by atoms with van der Waals surface area (Å²) >= 11 is 6.25. The number of rotatable bonds is 9. The lowest BCUT2D eigenvalue weighted by atomic mass is 10.0. The number of carbonyl (C=O) groups excluding carboxylic acids is 1. The van der Waals surface area contributed by atoms with Crippen LogP contribution < -0.4 is 17.3 Å². The maximum absolute atomic E-state index is 14.9. The van der Waals surface area contributed by atoms with Gasteiger partial charge in [-0.3, -0.25) is 4.79 Å². The number of halogens is 2. The molecule has 6 heteroatoms. The summed E-state index contributed by atoms with van der Waals surface area (Å²) < 4.78 is 2.13. The van der Waals surface area contributed by atoms with Crippen LogP contribution in [-0.2, 0) is 17.8 Å². The van der Waals surface area contributed by atoms with E-state index in [0.29, 0.717) is 18.0 Å². The van der Waals surface area contributed by atoms with Crippen molar-refractivity contribution in [1.29, 1.82) is 0 Å². The molecular weight excluding hydrogens is 561 g/mol. The maximum Gasteiger partial charge on any atom is 1.00 e. The van der Waals surface area contributed by atoms with Crippen LogP contribution in [0.2, 0.25) is 5.02 Å². The van der Waals surface area contributed by atoms with E-state index < -0.39 is 6.04 Å². The van der Waals surface area contributed by atoms with Gasteiger partial charge < -0.3 is 21.9 Å². The van der Waals surface area contributed by atoms with Gasteiger partial charge in [-0.2, -0.15) is 0 Å². The predicted octanol–water partition coefficient (Wildman–Crippen LogP) is 5.88. The minimum absolute atomic E-state index is 0. The van der Waals surface area contributed by atoms with Crippen LogP contribution in [0.15, 0.2) is 140 Å². The average molecular weight is 593 g/mol. The highest BCUT2D eigenvalue weighted by Crippen LogP contribution is 2.34. The largest absolute Gasteiger partial charge is 1.00 e. The van der Waals surface area contributed by atoms with Crippen LogP contribution in [0.4, 0.5) is 5.69 Å². The molecule has 0 aliphatic rings. The highest BCUT2D eigenvalue weighted by atomic mass is 35.5. The van der Waals surface area contributed by atoms with E-state index in [9.17, 15) is 4.79 Å². The fraction of sp³-hybridized carbons (Fsp3) is 0.111. The van der Waals surface area contributed by atoms with Gasteiger partial charge in [0.2, 0.25) is 5.91 Å². The average Bonchev–Trinajstić information content (AvgIpc) is 3.41. The van der Waals surface area contributed by atoms with Crippen molar-refractivity contribution in [3.63, 3.8) is 0 Å². The molecule has 0 N–H and O–H groups in total. The van der Waals surface area contributed by atoms with Gasteiger partial charge in [-0.15, -0.1) is 0 Å². The summed E-state index contributed by atoms with van der Waals surface area (Å²) in [6, 6.07) is 45.6. The third-order valence-electron chi connectivity index (χ3n) is 7.36. The molecule has 0 saturated carbocycles. The third-order valence-corrected chi connectivity index (χ3v) is 7.61. The molecule has 42 heavy (non-hydrogen) atoms. The lowest BCUT2D eigenvalue weighted by Gasteiger charge is -2.30. The number of amides is 1. The Morgan fingerprint density at radius 1 is 0.738 bits per heavy atom. The lowest BCUT2D eigenvalue weighted by molar-refractivity contribution is -0.122. The molecule has 1 atom stereocenters. The Balaban J connectivity index is 0.00000212. The Hall–Kier alpha value is -4.38. The number of fused-ring (bicyclic) bond motifs is 1. The molecule has 1 amide bonds. The molecule has 0 radical (unpaired) electrons. The minimum atomic E-state index is -0.503. The first-order chi connectivity index (χ1) is 20.2. The molecule has 0 fully saturated rings. The van der Waals surface area contributed by atoms with Gasteiger partial charge in [0.05, 0.1) is 17.6 Å². The number of aryl methyl sites for hydroxylation is 1. The molecule has 0 spiro atoms. The Morgan fingerprint density at radius 2 is 1.31 bits per heavy atom. The second-order valence-electron chi connectivity index (χ2n) is 10.1. The summed E-state index contributed by atoms with van der Waals surface area (Å²) in [6.07, 6.45) is 1.36. The zero-order chi connectivity index (χ0) is 28.0. The summed E-state index contributed by atoms with van der Waals surface area (Å²) in [5, 5.41) is 0.659.